The van der Waals surface area contributed by atoms with Crippen LogP contribution < -0.4 is 0 Å². The van der Waals surface area contributed by atoms with Gasteiger partial charge in [-0.3, -0.25) is 9.69 Å². The molecule has 2 aromatic carbocycles. The maximum atomic E-state index is 12.5. The summed E-state index contributed by atoms with van der Waals surface area (Å²) in [5, 5.41) is 12.1. The molecule has 2 heterocycles. The smallest absolute Gasteiger partial charge is 0.222 e. The summed E-state index contributed by atoms with van der Waals surface area (Å²) in [7, 11) is 0. The first kappa shape index (κ1) is 18.3. The fourth-order valence-corrected chi connectivity index (χ4v) is 3.48. The molecule has 1 saturated heterocycles. The molecule has 0 N–H and O–H groups in total. The number of hydrogen-bond donors (Lipinski definition) is 0. The number of piperazine rings is 1. The molecule has 0 radical (unpaired) electrons. The zero-order valence-electron chi connectivity index (χ0n) is 15.8. The van der Waals surface area contributed by atoms with Crippen molar-refractivity contribution in [2.45, 2.75) is 19.4 Å². The van der Waals surface area contributed by atoms with E-state index in [1.54, 1.807) is 4.68 Å². The summed E-state index contributed by atoms with van der Waals surface area (Å²) in [6, 6.07) is 20.1. The van der Waals surface area contributed by atoms with Crippen molar-refractivity contribution in [1.82, 2.24) is 30.0 Å². The van der Waals surface area contributed by atoms with E-state index in [-0.39, 0.29) is 5.91 Å². The predicted octanol–water partition coefficient (Wildman–Crippen LogP) is 1.94. The number of benzene rings is 2. The zero-order valence-corrected chi connectivity index (χ0v) is 15.8. The normalized spacial score (nSPS) is 14.9. The molecular formula is C21H24N6O. The van der Waals surface area contributed by atoms with Gasteiger partial charge in [0.15, 0.2) is 5.82 Å². The van der Waals surface area contributed by atoms with Gasteiger partial charge in [0.05, 0.1) is 12.2 Å². The number of nitrogens with zero attached hydrogens (tertiary/aromatic N) is 6. The number of tetrazole rings is 1. The van der Waals surface area contributed by atoms with Crippen molar-refractivity contribution in [3.63, 3.8) is 0 Å². The van der Waals surface area contributed by atoms with Crippen LogP contribution in [0.2, 0.25) is 0 Å². The van der Waals surface area contributed by atoms with Gasteiger partial charge in [-0.25, -0.2) is 0 Å². The summed E-state index contributed by atoms with van der Waals surface area (Å²) in [5.74, 6) is 1.05. The van der Waals surface area contributed by atoms with Crippen molar-refractivity contribution in [1.29, 1.82) is 0 Å². The lowest BCUT2D eigenvalue weighted by atomic mass is 10.1. The SMILES string of the molecule is O=C(CCc1ccccc1)N1CCN(Cc2nnnn2-c2ccccc2)CC1. The van der Waals surface area contributed by atoms with Gasteiger partial charge >= 0.3 is 0 Å². The van der Waals surface area contributed by atoms with Crippen LogP contribution in [0.3, 0.4) is 0 Å². The number of aromatic nitrogens is 4. The molecule has 0 aliphatic carbocycles. The van der Waals surface area contributed by atoms with Crippen LogP contribution in [0.5, 0.6) is 0 Å². The summed E-state index contributed by atoms with van der Waals surface area (Å²) >= 11 is 0. The molecule has 1 fully saturated rings. The molecule has 3 aromatic rings. The third kappa shape index (κ3) is 4.43. The number of rotatable bonds is 6. The predicted molar refractivity (Wildman–Crippen MR) is 106 cm³/mol. The molecule has 1 aromatic heterocycles. The molecule has 0 spiro atoms. The minimum atomic E-state index is 0.234. The Morgan fingerprint density at radius 2 is 1.57 bits per heavy atom. The average Bonchev–Trinajstić information content (AvgIpc) is 3.22. The molecule has 4 rings (SSSR count). The lowest BCUT2D eigenvalue weighted by Gasteiger charge is -2.34. The van der Waals surface area contributed by atoms with Gasteiger partial charge in [-0.1, -0.05) is 48.5 Å². The fourth-order valence-electron chi connectivity index (χ4n) is 3.48. The number of para-hydroxylation sites is 1. The number of carbonyl (C=O) groups excluding carboxylic acids is 1. The third-order valence-electron chi connectivity index (χ3n) is 5.10. The van der Waals surface area contributed by atoms with Gasteiger partial charge in [0.2, 0.25) is 5.91 Å². The first-order valence-electron chi connectivity index (χ1n) is 9.66. The van der Waals surface area contributed by atoms with Crippen LogP contribution in [0.25, 0.3) is 5.69 Å². The van der Waals surface area contributed by atoms with E-state index in [0.717, 1.165) is 44.1 Å². The van der Waals surface area contributed by atoms with E-state index >= 15 is 0 Å². The van der Waals surface area contributed by atoms with Crippen LogP contribution >= 0.6 is 0 Å². The Bertz CT molecular complexity index is 888. The molecule has 7 nitrogen and oxygen atoms in total. The minimum absolute atomic E-state index is 0.234. The van der Waals surface area contributed by atoms with Crippen LogP contribution in [0.1, 0.15) is 17.8 Å². The van der Waals surface area contributed by atoms with E-state index in [1.807, 2.05) is 53.4 Å². The van der Waals surface area contributed by atoms with E-state index < -0.39 is 0 Å². The van der Waals surface area contributed by atoms with Crippen LogP contribution in [0.4, 0.5) is 0 Å². The second-order valence-corrected chi connectivity index (χ2v) is 6.98. The second kappa shape index (κ2) is 8.75. The molecule has 144 valence electrons. The molecule has 1 amide bonds. The molecule has 28 heavy (non-hydrogen) atoms. The topological polar surface area (TPSA) is 67.2 Å². The Labute approximate surface area is 164 Å². The van der Waals surface area contributed by atoms with Crippen molar-refractivity contribution in [3.05, 3.63) is 72.1 Å². The standard InChI is InChI=1S/C21H24N6O/c28-21(12-11-18-7-3-1-4-8-18)26-15-13-25(14-16-26)17-20-22-23-24-27(20)19-9-5-2-6-10-19/h1-10H,11-17H2. The summed E-state index contributed by atoms with van der Waals surface area (Å²) in [6.45, 7) is 3.84. The van der Waals surface area contributed by atoms with E-state index in [1.165, 1.54) is 5.56 Å². The van der Waals surface area contributed by atoms with E-state index in [4.69, 9.17) is 0 Å². The maximum absolute atomic E-state index is 12.5. The fraction of sp³-hybridized carbons (Fsp3) is 0.333. The van der Waals surface area contributed by atoms with E-state index in [9.17, 15) is 4.79 Å². The largest absolute Gasteiger partial charge is 0.340 e. The number of aryl methyl sites for hydroxylation is 1. The second-order valence-electron chi connectivity index (χ2n) is 6.98. The molecule has 1 aliphatic heterocycles. The van der Waals surface area contributed by atoms with Crippen molar-refractivity contribution < 1.29 is 4.79 Å². The molecule has 0 saturated carbocycles. The van der Waals surface area contributed by atoms with Crippen LogP contribution in [0.15, 0.2) is 60.7 Å². The van der Waals surface area contributed by atoms with E-state index in [2.05, 4.69) is 32.6 Å². The van der Waals surface area contributed by atoms with Gasteiger partial charge in [0.25, 0.3) is 0 Å². The average molecular weight is 376 g/mol. The number of carbonyl (C=O) groups is 1. The van der Waals surface area contributed by atoms with Gasteiger partial charge in [-0.15, -0.1) is 5.10 Å². The molecule has 0 bridgehead atoms. The van der Waals surface area contributed by atoms with Gasteiger partial charge in [0, 0.05) is 32.6 Å². The van der Waals surface area contributed by atoms with Crippen LogP contribution in [0, 0.1) is 0 Å². The van der Waals surface area contributed by atoms with Crippen LogP contribution in [-0.2, 0) is 17.8 Å². The van der Waals surface area contributed by atoms with E-state index in [0.29, 0.717) is 13.0 Å². The van der Waals surface area contributed by atoms with Crippen molar-refractivity contribution in [3.8, 4) is 5.69 Å². The molecule has 1 aliphatic rings. The number of amides is 1. The highest BCUT2D eigenvalue weighted by molar-refractivity contribution is 5.76. The van der Waals surface area contributed by atoms with Gasteiger partial charge in [0.1, 0.15) is 0 Å². The molecule has 7 heteroatoms. The van der Waals surface area contributed by atoms with Crippen molar-refractivity contribution >= 4 is 5.91 Å². The molecular weight excluding hydrogens is 352 g/mol. The van der Waals surface area contributed by atoms with Gasteiger partial charge < -0.3 is 4.90 Å². The Morgan fingerprint density at radius 3 is 2.29 bits per heavy atom. The summed E-state index contributed by atoms with van der Waals surface area (Å²) < 4.78 is 1.78. The highest BCUT2D eigenvalue weighted by atomic mass is 16.2. The van der Waals surface area contributed by atoms with Gasteiger partial charge in [-0.2, -0.15) is 4.68 Å². The monoisotopic (exact) mass is 376 g/mol. The summed E-state index contributed by atoms with van der Waals surface area (Å²) in [4.78, 5) is 16.8. The van der Waals surface area contributed by atoms with Gasteiger partial charge in [-0.05, 0) is 34.5 Å². The first-order chi connectivity index (χ1) is 13.8. The van der Waals surface area contributed by atoms with Crippen molar-refractivity contribution in [2.24, 2.45) is 0 Å². The minimum Gasteiger partial charge on any atom is -0.340 e. The Balaban J connectivity index is 1.28. The molecule has 0 atom stereocenters. The number of hydrogen-bond acceptors (Lipinski definition) is 5. The highest BCUT2D eigenvalue weighted by Gasteiger charge is 2.22. The highest BCUT2D eigenvalue weighted by Crippen LogP contribution is 2.12. The lowest BCUT2D eigenvalue weighted by Crippen LogP contribution is -2.48. The van der Waals surface area contributed by atoms with Crippen molar-refractivity contribution in [2.75, 3.05) is 26.2 Å². The summed E-state index contributed by atoms with van der Waals surface area (Å²) in [5.41, 5.74) is 2.17. The quantitative estimate of drug-likeness (QED) is 0.658. The Morgan fingerprint density at radius 1 is 0.893 bits per heavy atom. The summed E-state index contributed by atoms with van der Waals surface area (Å²) in [6.07, 6.45) is 1.36. The molecule has 0 unspecified atom stereocenters. The Hall–Kier alpha value is -3.06. The lowest BCUT2D eigenvalue weighted by molar-refractivity contribution is -0.133. The maximum Gasteiger partial charge on any atom is 0.222 e. The zero-order chi connectivity index (χ0) is 19.2. The van der Waals surface area contributed by atoms with Crippen LogP contribution in [-0.4, -0.2) is 62.1 Å². The third-order valence-corrected chi connectivity index (χ3v) is 5.10. The first-order valence-corrected chi connectivity index (χ1v) is 9.66. The Kier molecular flexibility index (Phi) is 5.72.